The lowest BCUT2D eigenvalue weighted by Gasteiger charge is -2.35. The van der Waals surface area contributed by atoms with Gasteiger partial charge in [0, 0.05) is 19.3 Å². The van der Waals surface area contributed by atoms with Crippen molar-refractivity contribution in [3.05, 3.63) is 30.3 Å². The molecule has 0 heterocycles. The van der Waals surface area contributed by atoms with Crippen LogP contribution in [0.25, 0.3) is 0 Å². The Bertz CT molecular complexity index is 457. The Kier molecular flexibility index (Phi) is 2.16. The summed E-state index contributed by atoms with van der Waals surface area (Å²) in [6.07, 6.45) is 4.21. The van der Waals surface area contributed by atoms with Gasteiger partial charge in [-0.2, -0.15) is 0 Å². The summed E-state index contributed by atoms with van der Waals surface area (Å²) in [5.74, 6) is 2.75. The highest BCUT2D eigenvalue weighted by Gasteiger charge is 2.84. The van der Waals surface area contributed by atoms with Gasteiger partial charge in [-0.25, -0.2) is 0 Å². The van der Waals surface area contributed by atoms with Crippen molar-refractivity contribution in [3.8, 4) is 0 Å². The average molecular weight is 260 g/mol. The van der Waals surface area contributed by atoms with Gasteiger partial charge in [0.2, 0.25) is 0 Å². The summed E-state index contributed by atoms with van der Waals surface area (Å²) in [7, 11) is 1.47. The molecule has 4 saturated carbocycles. The van der Waals surface area contributed by atoms with Crippen LogP contribution in [0.4, 0.5) is 0 Å². The molecule has 18 heavy (non-hydrogen) atoms. The fourth-order valence-electron chi connectivity index (χ4n) is 5.36. The highest BCUT2D eigenvalue weighted by molar-refractivity contribution is 6.84. The van der Waals surface area contributed by atoms with Crippen LogP contribution in [0.1, 0.15) is 19.3 Å². The third-order valence-electron chi connectivity index (χ3n) is 5.84. The van der Waals surface area contributed by atoms with E-state index in [4.69, 9.17) is 8.85 Å². The quantitative estimate of drug-likeness (QED) is 0.774. The van der Waals surface area contributed by atoms with E-state index in [-0.39, 0.29) is 0 Å². The Morgan fingerprint density at radius 1 is 1.06 bits per heavy atom. The standard InChI is InChI=1S/C15H20O2Si/c1-16-18(17-2,12-6-4-3-5-7-12)15-10-11-8-13(15)14(15)9-11/h3-7,11,13-14H,8-10H2,1-2H3/t11?,13-,14-,15?/m0/s1. The maximum absolute atomic E-state index is 6.12. The maximum Gasteiger partial charge on any atom is 0.379 e. The minimum Gasteiger partial charge on any atom is -0.394 e. The lowest BCUT2D eigenvalue weighted by atomic mass is 10.1. The van der Waals surface area contributed by atoms with E-state index in [0.29, 0.717) is 5.04 Å². The van der Waals surface area contributed by atoms with Gasteiger partial charge in [-0.1, -0.05) is 30.3 Å². The minimum atomic E-state index is -2.26. The van der Waals surface area contributed by atoms with Gasteiger partial charge in [-0.3, -0.25) is 0 Å². The number of hydrogen-bond donors (Lipinski definition) is 0. The molecule has 4 aliphatic rings. The summed E-state index contributed by atoms with van der Waals surface area (Å²) in [5.41, 5.74) is 0. The number of benzene rings is 1. The Hall–Kier alpha value is -0.643. The van der Waals surface area contributed by atoms with Crippen molar-refractivity contribution in [2.45, 2.75) is 24.3 Å². The van der Waals surface area contributed by atoms with Gasteiger partial charge >= 0.3 is 8.56 Å². The second-order valence-corrected chi connectivity index (χ2v) is 9.74. The first-order chi connectivity index (χ1) is 8.78. The molecule has 2 atom stereocenters. The van der Waals surface area contributed by atoms with Crippen molar-refractivity contribution >= 4 is 13.7 Å². The van der Waals surface area contributed by atoms with E-state index >= 15 is 0 Å². The molecule has 0 amide bonds. The lowest BCUT2D eigenvalue weighted by Crippen LogP contribution is -2.57. The molecule has 0 radical (unpaired) electrons. The molecule has 4 fully saturated rings. The topological polar surface area (TPSA) is 18.5 Å². The Morgan fingerprint density at radius 2 is 1.67 bits per heavy atom. The first-order valence-corrected chi connectivity index (χ1v) is 8.76. The molecule has 1 aromatic rings. The Labute approximate surface area is 110 Å². The van der Waals surface area contributed by atoms with Gasteiger partial charge < -0.3 is 8.85 Å². The summed E-state index contributed by atoms with van der Waals surface area (Å²) < 4.78 is 12.2. The molecule has 3 heteroatoms. The van der Waals surface area contributed by atoms with Crippen molar-refractivity contribution in [2.75, 3.05) is 14.2 Å². The van der Waals surface area contributed by atoms with Gasteiger partial charge in [0.25, 0.3) is 0 Å². The zero-order chi connectivity index (χ0) is 12.4. The highest BCUT2D eigenvalue weighted by Crippen LogP contribution is 2.87. The zero-order valence-corrected chi connectivity index (χ0v) is 12.1. The minimum absolute atomic E-state index is 0.405. The molecule has 0 aromatic heterocycles. The summed E-state index contributed by atoms with van der Waals surface area (Å²) in [6.45, 7) is 0. The van der Waals surface area contributed by atoms with E-state index in [0.717, 1.165) is 17.8 Å². The molecule has 4 bridgehead atoms. The molecule has 0 spiro atoms. The fraction of sp³-hybridized carbons (Fsp3) is 0.600. The van der Waals surface area contributed by atoms with Gasteiger partial charge in [-0.15, -0.1) is 0 Å². The molecular weight excluding hydrogens is 240 g/mol. The van der Waals surface area contributed by atoms with Crippen molar-refractivity contribution in [1.29, 1.82) is 0 Å². The summed E-state index contributed by atoms with van der Waals surface area (Å²) in [4.78, 5) is 0. The zero-order valence-electron chi connectivity index (χ0n) is 11.1. The molecule has 96 valence electrons. The monoisotopic (exact) mass is 260 g/mol. The van der Waals surface area contributed by atoms with Crippen LogP contribution in [-0.4, -0.2) is 22.8 Å². The van der Waals surface area contributed by atoms with Gasteiger partial charge in [0.05, 0.1) is 0 Å². The van der Waals surface area contributed by atoms with Crippen LogP contribution >= 0.6 is 0 Å². The van der Waals surface area contributed by atoms with Crippen LogP contribution in [0.3, 0.4) is 0 Å². The van der Waals surface area contributed by atoms with Gasteiger partial charge in [0.15, 0.2) is 0 Å². The molecule has 0 aliphatic heterocycles. The maximum atomic E-state index is 6.12. The SMILES string of the molecule is CO[Si](OC)(c1ccccc1)C12CC3C[C@H]1[C@@H]2C3. The largest absolute Gasteiger partial charge is 0.394 e. The third kappa shape index (κ3) is 1.03. The first kappa shape index (κ1) is 11.2. The van der Waals surface area contributed by atoms with Crippen LogP contribution in [0, 0.1) is 17.8 Å². The van der Waals surface area contributed by atoms with E-state index in [1.807, 2.05) is 14.2 Å². The predicted molar refractivity (Wildman–Crippen MR) is 72.9 cm³/mol. The van der Waals surface area contributed by atoms with Crippen molar-refractivity contribution in [3.63, 3.8) is 0 Å². The summed E-state index contributed by atoms with van der Waals surface area (Å²) >= 11 is 0. The van der Waals surface area contributed by atoms with E-state index in [1.54, 1.807) is 0 Å². The fourth-order valence-corrected chi connectivity index (χ4v) is 10.0. The van der Waals surface area contributed by atoms with Crippen molar-refractivity contribution < 1.29 is 8.85 Å². The highest BCUT2D eigenvalue weighted by atomic mass is 28.4. The predicted octanol–water partition coefficient (Wildman–Crippen LogP) is 2.43. The van der Waals surface area contributed by atoms with Crippen LogP contribution in [0.5, 0.6) is 0 Å². The van der Waals surface area contributed by atoms with E-state index in [1.165, 1.54) is 24.4 Å². The molecule has 0 N–H and O–H groups in total. The Morgan fingerprint density at radius 3 is 2.11 bits per heavy atom. The van der Waals surface area contributed by atoms with E-state index in [2.05, 4.69) is 30.3 Å². The number of rotatable bonds is 4. The van der Waals surface area contributed by atoms with Crippen LogP contribution in [0.15, 0.2) is 30.3 Å². The molecule has 0 saturated heterocycles. The Balaban J connectivity index is 1.83. The second-order valence-electron chi connectivity index (χ2n) is 6.19. The first-order valence-electron chi connectivity index (χ1n) is 6.94. The normalized spacial score (nSPS) is 40.2. The molecule has 4 aliphatic carbocycles. The van der Waals surface area contributed by atoms with E-state index in [9.17, 15) is 0 Å². The summed E-state index contributed by atoms with van der Waals surface area (Å²) in [6, 6.07) is 10.7. The smallest absolute Gasteiger partial charge is 0.379 e. The molecule has 1 aromatic carbocycles. The molecule has 5 rings (SSSR count). The third-order valence-corrected chi connectivity index (χ3v) is 10.3. The van der Waals surface area contributed by atoms with Crippen molar-refractivity contribution in [2.24, 2.45) is 17.8 Å². The average Bonchev–Trinajstić information content (AvgIpc) is 2.90. The van der Waals surface area contributed by atoms with Gasteiger partial charge in [-0.05, 0) is 42.2 Å². The summed E-state index contributed by atoms with van der Waals surface area (Å²) in [5, 5.41) is 1.73. The van der Waals surface area contributed by atoms with Crippen LogP contribution < -0.4 is 5.19 Å². The second kappa shape index (κ2) is 3.47. The van der Waals surface area contributed by atoms with Crippen molar-refractivity contribution in [1.82, 2.24) is 0 Å². The lowest BCUT2D eigenvalue weighted by molar-refractivity contribution is 0.237. The van der Waals surface area contributed by atoms with Crippen LogP contribution in [0.2, 0.25) is 5.04 Å². The molecule has 2 nitrogen and oxygen atoms in total. The van der Waals surface area contributed by atoms with Crippen LogP contribution in [-0.2, 0) is 8.85 Å². The van der Waals surface area contributed by atoms with E-state index < -0.39 is 8.56 Å². The van der Waals surface area contributed by atoms with Gasteiger partial charge in [0.1, 0.15) is 0 Å². The number of hydrogen-bond acceptors (Lipinski definition) is 2. The molecular formula is C15H20O2Si. The molecule has 0 unspecified atom stereocenters.